The van der Waals surface area contributed by atoms with Gasteiger partial charge in [-0.1, -0.05) is 42.7 Å². The van der Waals surface area contributed by atoms with Gasteiger partial charge in [0, 0.05) is 5.75 Å². The van der Waals surface area contributed by atoms with E-state index in [0.717, 1.165) is 31.4 Å². The topological polar surface area (TPSA) is 49.3 Å². The van der Waals surface area contributed by atoms with Gasteiger partial charge in [-0.2, -0.15) is 0 Å². The van der Waals surface area contributed by atoms with Crippen molar-refractivity contribution in [2.75, 3.05) is 5.75 Å². The smallest absolute Gasteiger partial charge is 0.230 e. The van der Waals surface area contributed by atoms with Crippen LogP contribution in [0.4, 0.5) is 0 Å². The molecule has 2 atom stereocenters. The summed E-state index contributed by atoms with van der Waals surface area (Å²) in [5.41, 5.74) is 2.50. The molecule has 2 N–H and O–H groups in total. The number of carbonyl (C=O) groups is 1. The van der Waals surface area contributed by atoms with Gasteiger partial charge < -0.3 is 10.4 Å². The zero-order valence-electron chi connectivity index (χ0n) is 12.0. The number of hydrogen-bond donors (Lipinski definition) is 2. The SMILES string of the molecule is Cc1cccc(CSCC(=O)N[C@@H]2CCCC[C@H]2O)c1. The summed E-state index contributed by atoms with van der Waals surface area (Å²) < 4.78 is 0. The van der Waals surface area contributed by atoms with E-state index in [1.807, 2.05) is 6.07 Å². The lowest BCUT2D eigenvalue weighted by Gasteiger charge is -2.28. The standard InChI is InChI=1S/C16H23NO2S/c1-12-5-4-6-13(9-12)10-20-11-16(19)17-14-7-2-3-8-15(14)18/h4-6,9,14-15,18H,2-3,7-8,10-11H2,1H3,(H,17,19)/t14-,15-/m1/s1. The molecule has 0 saturated heterocycles. The van der Waals surface area contributed by atoms with Crippen molar-refractivity contribution in [3.63, 3.8) is 0 Å². The third-order valence-corrected chi connectivity index (χ3v) is 4.66. The summed E-state index contributed by atoms with van der Waals surface area (Å²) in [6, 6.07) is 8.31. The first kappa shape index (κ1) is 15.4. The molecule has 20 heavy (non-hydrogen) atoms. The highest BCUT2D eigenvalue weighted by Gasteiger charge is 2.24. The number of amides is 1. The molecule has 4 heteroatoms. The van der Waals surface area contributed by atoms with Crippen LogP contribution in [0.1, 0.15) is 36.8 Å². The Morgan fingerprint density at radius 1 is 1.40 bits per heavy atom. The first-order chi connectivity index (χ1) is 9.65. The Morgan fingerprint density at radius 2 is 2.20 bits per heavy atom. The minimum Gasteiger partial charge on any atom is -0.391 e. The van der Waals surface area contributed by atoms with E-state index in [0.29, 0.717) is 5.75 Å². The zero-order valence-corrected chi connectivity index (χ0v) is 12.8. The van der Waals surface area contributed by atoms with Crippen LogP contribution in [0, 0.1) is 6.92 Å². The van der Waals surface area contributed by atoms with Gasteiger partial charge in [0.05, 0.1) is 17.9 Å². The molecule has 3 nitrogen and oxygen atoms in total. The molecule has 1 fully saturated rings. The maximum atomic E-state index is 11.9. The molecule has 0 unspecified atom stereocenters. The molecule has 0 aromatic heterocycles. The van der Waals surface area contributed by atoms with Gasteiger partial charge in [0.2, 0.25) is 5.91 Å². The number of aliphatic hydroxyl groups is 1. The lowest BCUT2D eigenvalue weighted by Crippen LogP contribution is -2.45. The highest BCUT2D eigenvalue weighted by molar-refractivity contribution is 7.99. The van der Waals surface area contributed by atoms with Crippen molar-refractivity contribution in [2.24, 2.45) is 0 Å². The summed E-state index contributed by atoms with van der Waals surface area (Å²) in [6.07, 6.45) is 3.50. The first-order valence-corrected chi connectivity index (χ1v) is 8.41. The molecule has 1 saturated carbocycles. The fourth-order valence-corrected chi connectivity index (χ4v) is 3.38. The normalized spacial score (nSPS) is 22.5. The maximum Gasteiger partial charge on any atom is 0.230 e. The summed E-state index contributed by atoms with van der Waals surface area (Å²) in [6.45, 7) is 2.07. The van der Waals surface area contributed by atoms with Gasteiger partial charge in [0.25, 0.3) is 0 Å². The quantitative estimate of drug-likeness (QED) is 0.877. The van der Waals surface area contributed by atoms with Crippen molar-refractivity contribution in [2.45, 2.75) is 50.5 Å². The lowest BCUT2D eigenvalue weighted by molar-refractivity contribution is -0.120. The van der Waals surface area contributed by atoms with E-state index < -0.39 is 0 Å². The zero-order chi connectivity index (χ0) is 14.4. The van der Waals surface area contributed by atoms with Gasteiger partial charge in [0.1, 0.15) is 0 Å². The van der Waals surface area contributed by atoms with Gasteiger partial charge in [-0.05, 0) is 25.3 Å². The Morgan fingerprint density at radius 3 is 2.95 bits per heavy atom. The summed E-state index contributed by atoms with van der Waals surface area (Å²) >= 11 is 1.62. The van der Waals surface area contributed by atoms with Gasteiger partial charge in [-0.3, -0.25) is 4.79 Å². The number of rotatable bonds is 5. The molecule has 0 heterocycles. The van der Waals surface area contributed by atoms with E-state index in [4.69, 9.17) is 0 Å². The molecule has 1 amide bonds. The summed E-state index contributed by atoms with van der Waals surface area (Å²) in [5, 5.41) is 12.8. The number of hydrogen-bond acceptors (Lipinski definition) is 3. The molecule has 2 rings (SSSR count). The van der Waals surface area contributed by atoms with Gasteiger partial charge in [0.15, 0.2) is 0 Å². The molecule has 1 aliphatic rings. The molecule has 1 aliphatic carbocycles. The number of thioether (sulfide) groups is 1. The number of benzene rings is 1. The Bertz CT molecular complexity index is 450. The van der Waals surface area contributed by atoms with Crippen molar-refractivity contribution in [1.29, 1.82) is 0 Å². The van der Waals surface area contributed by atoms with Crippen LogP contribution in [0.25, 0.3) is 0 Å². The van der Waals surface area contributed by atoms with Crippen molar-refractivity contribution < 1.29 is 9.90 Å². The largest absolute Gasteiger partial charge is 0.391 e. The number of aliphatic hydroxyl groups excluding tert-OH is 1. The molecule has 0 radical (unpaired) electrons. The summed E-state index contributed by atoms with van der Waals surface area (Å²) in [7, 11) is 0. The predicted molar refractivity (Wildman–Crippen MR) is 83.7 cm³/mol. The minimum absolute atomic E-state index is 0.0357. The number of carbonyl (C=O) groups excluding carboxylic acids is 1. The van der Waals surface area contributed by atoms with Crippen LogP contribution in [0.3, 0.4) is 0 Å². The van der Waals surface area contributed by atoms with Crippen molar-refractivity contribution >= 4 is 17.7 Å². The van der Waals surface area contributed by atoms with Crippen LogP contribution in [-0.2, 0) is 10.5 Å². The van der Waals surface area contributed by atoms with E-state index in [2.05, 4.69) is 30.4 Å². The van der Waals surface area contributed by atoms with Crippen LogP contribution in [-0.4, -0.2) is 28.9 Å². The van der Waals surface area contributed by atoms with Gasteiger partial charge in [-0.15, -0.1) is 11.8 Å². The Labute approximate surface area is 125 Å². The fraction of sp³-hybridized carbons (Fsp3) is 0.562. The van der Waals surface area contributed by atoms with Crippen LogP contribution in [0.5, 0.6) is 0 Å². The highest BCUT2D eigenvalue weighted by atomic mass is 32.2. The second-order valence-electron chi connectivity index (χ2n) is 5.51. The molecule has 1 aromatic carbocycles. The molecule has 0 spiro atoms. The number of nitrogens with one attached hydrogen (secondary N) is 1. The average molecular weight is 293 g/mol. The van der Waals surface area contributed by atoms with Crippen LogP contribution in [0.15, 0.2) is 24.3 Å². The van der Waals surface area contributed by atoms with Crippen LogP contribution >= 0.6 is 11.8 Å². The second-order valence-corrected chi connectivity index (χ2v) is 6.49. The molecule has 110 valence electrons. The second kappa shape index (κ2) is 7.70. The monoisotopic (exact) mass is 293 g/mol. The molecule has 0 aliphatic heterocycles. The molecule has 0 bridgehead atoms. The third-order valence-electron chi connectivity index (χ3n) is 3.66. The fourth-order valence-electron chi connectivity index (χ4n) is 2.59. The van der Waals surface area contributed by atoms with E-state index >= 15 is 0 Å². The highest BCUT2D eigenvalue weighted by Crippen LogP contribution is 2.19. The van der Waals surface area contributed by atoms with Crippen molar-refractivity contribution in [1.82, 2.24) is 5.32 Å². The minimum atomic E-state index is -0.366. The molecule has 1 aromatic rings. The van der Waals surface area contributed by atoms with Crippen LogP contribution < -0.4 is 5.32 Å². The molecular weight excluding hydrogens is 270 g/mol. The third kappa shape index (κ3) is 4.84. The van der Waals surface area contributed by atoms with Crippen molar-refractivity contribution in [3.8, 4) is 0 Å². The molecular formula is C16H23NO2S. The van der Waals surface area contributed by atoms with E-state index in [-0.39, 0.29) is 18.1 Å². The van der Waals surface area contributed by atoms with Crippen molar-refractivity contribution in [3.05, 3.63) is 35.4 Å². The Hall–Kier alpha value is -1.00. The predicted octanol–water partition coefficient (Wildman–Crippen LogP) is 2.65. The van der Waals surface area contributed by atoms with E-state index in [1.165, 1.54) is 11.1 Å². The van der Waals surface area contributed by atoms with E-state index in [1.54, 1.807) is 11.8 Å². The lowest BCUT2D eigenvalue weighted by atomic mass is 9.93. The maximum absolute atomic E-state index is 11.9. The van der Waals surface area contributed by atoms with E-state index in [9.17, 15) is 9.90 Å². The average Bonchev–Trinajstić information content (AvgIpc) is 2.41. The summed E-state index contributed by atoms with van der Waals surface area (Å²) in [4.78, 5) is 11.9. The van der Waals surface area contributed by atoms with Gasteiger partial charge >= 0.3 is 0 Å². The van der Waals surface area contributed by atoms with Crippen LogP contribution in [0.2, 0.25) is 0 Å². The summed E-state index contributed by atoms with van der Waals surface area (Å²) in [5.74, 6) is 1.34. The first-order valence-electron chi connectivity index (χ1n) is 7.26. The van der Waals surface area contributed by atoms with Gasteiger partial charge in [-0.25, -0.2) is 0 Å². The Balaban J connectivity index is 1.70. The number of aryl methyl sites for hydroxylation is 1. The Kier molecular flexibility index (Phi) is 5.92.